The Hall–Kier alpha value is -1.12. The predicted molar refractivity (Wildman–Crippen MR) is 69.3 cm³/mol. The van der Waals surface area contributed by atoms with Gasteiger partial charge in [-0.15, -0.1) is 0 Å². The molecule has 15 heavy (non-hydrogen) atoms. The van der Waals surface area contributed by atoms with Crippen molar-refractivity contribution in [1.82, 2.24) is 0 Å². The lowest BCUT2D eigenvalue weighted by atomic mass is 10.2. The van der Waals surface area contributed by atoms with E-state index in [1.807, 2.05) is 42.5 Å². The van der Waals surface area contributed by atoms with Gasteiger partial charge in [-0.2, -0.15) is 0 Å². The van der Waals surface area contributed by atoms with Crippen LogP contribution in [0.2, 0.25) is 0 Å². The fraction of sp³-hybridized carbons (Fsp3) is 0. The molecule has 2 rings (SSSR count). The van der Waals surface area contributed by atoms with Crippen molar-refractivity contribution < 1.29 is 0 Å². The molecule has 1 radical (unpaired) electrons. The minimum Gasteiger partial charge on any atom is -0.0777 e. The van der Waals surface area contributed by atoms with Crippen molar-refractivity contribution in [1.29, 1.82) is 0 Å². The minimum atomic E-state index is 0.898. The molecule has 0 aromatic heterocycles. The van der Waals surface area contributed by atoms with E-state index >= 15 is 0 Å². The van der Waals surface area contributed by atoms with Gasteiger partial charge in [0.25, 0.3) is 0 Å². The van der Waals surface area contributed by atoms with Crippen molar-refractivity contribution in [3.05, 3.63) is 66.2 Å². The highest BCUT2D eigenvalue weighted by molar-refractivity contribution is 8.23. The SMILES string of the molecule is S=C(Sc1ccccc1)c1cc[c]cc1. The Bertz CT molecular complexity index is 435. The Morgan fingerprint density at radius 3 is 2.33 bits per heavy atom. The first-order valence-corrected chi connectivity index (χ1v) is 5.82. The molecule has 0 bridgehead atoms. The molecule has 0 atom stereocenters. The summed E-state index contributed by atoms with van der Waals surface area (Å²) in [6.45, 7) is 0. The van der Waals surface area contributed by atoms with Crippen molar-refractivity contribution in [2.24, 2.45) is 0 Å². The van der Waals surface area contributed by atoms with E-state index in [9.17, 15) is 0 Å². The summed E-state index contributed by atoms with van der Waals surface area (Å²) in [6, 6.07) is 20.9. The first-order valence-electron chi connectivity index (χ1n) is 4.59. The van der Waals surface area contributed by atoms with Gasteiger partial charge in [0.15, 0.2) is 0 Å². The third-order valence-electron chi connectivity index (χ3n) is 1.91. The average Bonchev–Trinajstić information content (AvgIpc) is 2.31. The molecule has 2 heteroatoms. The molecule has 0 nitrogen and oxygen atoms in total. The molecule has 0 fully saturated rings. The highest BCUT2D eigenvalue weighted by Gasteiger charge is 2.01. The highest BCUT2D eigenvalue weighted by atomic mass is 32.2. The van der Waals surface area contributed by atoms with Gasteiger partial charge < -0.3 is 0 Å². The number of thioether (sulfide) groups is 1. The van der Waals surface area contributed by atoms with Gasteiger partial charge in [-0.25, -0.2) is 0 Å². The summed E-state index contributed by atoms with van der Waals surface area (Å²) in [6.07, 6.45) is 0. The Morgan fingerprint density at radius 1 is 1.00 bits per heavy atom. The van der Waals surface area contributed by atoms with Crippen LogP contribution in [0.4, 0.5) is 0 Å². The monoisotopic (exact) mass is 229 g/mol. The van der Waals surface area contributed by atoms with Crippen LogP contribution in [0.15, 0.2) is 59.5 Å². The van der Waals surface area contributed by atoms with Crippen LogP contribution in [0.3, 0.4) is 0 Å². The van der Waals surface area contributed by atoms with E-state index in [0.29, 0.717) is 0 Å². The first kappa shape index (κ1) is 10.4. The number of hydrogen-bond acceptors (Lipinski definition) is 2. The predicted octanol–water partition coefficient (Wildman–Crippen LogP) is 3.95. The van der Waals surface area contributed by atoms with E-state index in [1.165, 1.54) is 4.90 Å². The lowest BCUT2D eigenvalue weighted by Crippen LogP contribution is -1.89. The maximum absolute atomic E-state index is 5.35. The Kier molecular flexibility index (Phi) is 3.54. The molecule has 0 spiro atoms. The smallest absolute Gasteiger partial charge is 0.0777 e. The zero-order chi connectivity index (χ0) is 10.5. The van der Waals surface area contributed by atoms with Crippen LogP contribution in [0.1, 0.15) is 5.56 Å². The molecule has 0 heterocycles. The zero-order valence-electron chi connectivity index (χ0n) is 8.01. The van der Waals surface area contributed by atoms with Crippen LogP contribution in [0.25, 0.3) is 0 Å². The maximum atomic E-state index is 5.35. The molecule has 0 unspecified atom stereocenters. The van der Waals surface area contributed by atoms with Crippen molar-refractivity contribution in [2.75, 3.05) is 0 Å². The molecule has 0 aliphatic heterocycles. The van der Waals surface area contributed by atoms with Gasteiger partial charge >= 0.3 is 0 Å². The van der Waals surface area contributed by atoms with E-state index in [4.69, 9.17) is 12.2 Å². The summed E-state index contributed by atoms with van der Waals surface area (Å²) in [7, 11) is 0. The summed E-state index contributed by atoms with van der Waals surface area (Å²) in [4.78, 5) is 1.18. The standard InChI is InChI=1S/C13H9S2/c14-13(11-7-3-1-4-8-11)15-12-9-5-2-6-10-12/h2-10H. The van der Waals surface area contributed by atoms with Crippen LogP contribution < -0.4 is 0 Å². The number of thiocarbonyl (C=S) groups is 1. The summed E-state index contributed by atoms with van der Waals surface area (Å²) < 4.78 is 0.898. The fourth-order valence-corrected chi connectivity index (χ4v) is 2.36. The maximum Gasteiger partial charge on any atom is 0.0825 e. The van der Waals surface area contributed by atoms with Crippen molar-refractivity contribution >= 4 is 28.2 Å². The van der Waals surface area contributed by atoms with E-state index in [2.05, 4.69) is 18.2 Å². The van der Waals surface area contributed by atoms with Crippen LogP contribution >= 0.6 is 24.0 Å². The van der Waals surface area contributed by atoms with Crippen LogP contribution in [0.5, 0.6) is 0 Å². The minimum absolute atomic E-state index is 0.898. The van der Waals surface area contributed by atoms with Gasteiger partial charge in [-0.05, 0) is 23.8 Å². The average molecular weight is 229 g/mol. The molecule has 0 amide bonds. The highest BCUT2D eigenvalue weighted by Crippen LogP contribution is 2.23. The van der Waals surface area contributed by atoms with Gasteiger partial charge in [-0.1, -0.05) is 66.4 Å². The first-order chi connectivity index (χ1) is 7.36. The van der Waals surface area contributed by atoms with Gasteiger partial charge in [0.2, 0.25) is 0 Å². The molecular formula is C13H9S2. The topological polar surface area (TPSA) is 0 Å². The van der Waals surface area contributed by atoms with Gasteiger partial charge in [0, 0.05) is 4.90 Å². The number of benzene rings is 2. The summed E-state index contributed by atoms with van der Waals surface area (Å²) >= 11 is 6.97. The number of hydrogen-bond donors (Lipinski definition) is 0. The van der Waals surface area contributed by atoms with Gasteiger partial charge in [0.05, 0.1) is 4.20 Å². The van der Waals surface area contributed by atoms with E-state index in [1.54, 1.807) is 11.8 Å². The number of rotatable bonds is 2. The van der Waals surface area contributed by atoms with Crippen LogP contribution in [-0.2, 0) is 0 Å². The Morgan fingerprint density at radius 2 is 1.67 bits per heavy atom. The van der Waals surface area contributed by atoms with Gasteiger partial charge in [0.1, 0.15) is 0 Å². The summed E-state index contributed by atoms with van der Waals surface area (Å²) in [5.41, 5.74) is 1.08. The Balaban J connectivity index is 2.12. The molecular weight excluding hydrogens is 220 g/mol. The van der Waals surface area contributed by atoms with Crippen molar-refractivity contribution in [3.63, 3.8) is 0 Å². The summed E-state index contributed by atoms with van der Waals surface area (Å²) in [5.74, 6) is 0. The second-order valence-electron chi connectivity index (χ2n) is 2.99. The van der Waals surface area contributed by atoms with Gasteiger partial charge in [-0.3, -0.25) is 0 Å². The zero-order valence-corrected chi connectivity index (χ0v) is 9.65. The van der Waals surface area contributed by atoms with Crippen molar-refractivity contribution in [3.8, 4) is 0 Å². The lowest BCUT2D eigenvalue weighted by Gasteiger charge is -2.02. The third kappa shape index (κ3) is 2.91. The van der Waals surface area contributed by atoms with E-state index in [-0.39, 0.29) is 0 Å². The van der Waals surface area contributed by atoms with Crippen LogP contribution in [-0.4, -0.2) is 4.20 Å². The molecule has 0 aliphatic carbocycles. The lowest BCUT2D eigenvalue weighted by molar-refractivity contribution is 1.48. The molecule has 2 aromatic carbocycles. The summed E-state index contributed by atoms with van der Waals surface area (Å²) in [5, 5.41) is 0. The van der Waals surface area contributed by atoms with E-state index in [0.717, 1.165) is 9.76 Å². The van der Waals surface area contributed by atoms with Crippen LogP contribution in [0, 0.1) is 6.07 Å². The normalized spacial score (nSPS) is 9.87. The Labute approximate surface area is 99.3 Å². The fourth-order valence-electron chi connectivity index (χ4n) is 1.18. The second kappa shape index (κ2) is 5.10. The molecule has 2 aromatic rings. The molecule has 0 saturated heterocycles. The molecule has 0 N–H and O–H groups in total. The van der Waals surface area contributed by atoms with E-state index < -0.39 is 0 Å². The second-order valence-corrected chi connectivity index (χ2v) is 4.74. The quantitative estimate of drug-likeness (QED) is 0.565. The largest absolute Gasteiger partial charge is 0.0825 e. The molecule has 73 valence electrons. The molecule has 0 saturated carbocycles. The van der Waals surface area contributed by atoms with Crippen molar-refractivity contribution in [2.45, 2.75) is 4.90 Å². The molecule has 0 aliphatic rings. The third-order valence-corrected chi connectivity index (χ3v) is 3.32.